The minimum atomic E-state index is 0.103. The molecule has 2 aliphatic heterocycles. The summed E-state index contributed by atoms with van der Waals surface area (Å²) in [7, 11) is 0. The summed E-state index contributed by atoms with van der Waals surface area (Å²) >= 11 is 1.74. The molecule has 0 spiro atoms. The fourth-order valence-corrected chi connectivity index (χ4v) is 4.31. The number of aryl methyl sites for hydroxylation is 1. The second-order valence-corrected chi connectivity index (χ2v) is 7.57. The van der Waals surface area contributed by atoms with Crippen molar-refractivity contribution in [3.8, 4) is 0 Å². The van der Waals surface area contributed by atoms with Crippen molar-refractivity contribution in [2.75, 3.05) is 11.1 Å². The Labute approximate surface area is 146 Å². The largest absolute Gasteiger partial charge is 0.326 e. The summed E-state index contributed by atoms with van der Waals surface area (Å²) in [5.74, 6) is 0.940. The number of benzene rings is 1. The minimum Gasteiger partial charge on any atom is -0.326 e. The van der Waals surface area contributed by atoms with E-state index < -0.39 is 0 Å². The molecule has 1 aliphatic carbocycles. The number of aliphatic imine (C=N–C) groups is 1. The van der Waals surface area contributed by atoms with Crippen LogP contribution in [0.3, 0.4) is 0 Å². The highest BCUT2D eigenvalue weighted by Gasteiger charge is 2.19. The Hall–Kier alpha value is -1.82. The lowest BCUT2D eigenvalue weighted by Crippen LogP contribution is -2.27. The predicted molar refractivity (Wildman–Crippen MR) is 99.8 cm³/mol. The number of amidine groups is 1. The molecule has 4 rings (SSSR count). The van der Waals surface area contributed by atoms with Gasteiger partial charge in [0.1, 0.15) is 0 Å². The Morgan fingerprint density at radius 1 is 1.17 bits per heavy atom. The summed E-state index contributed by atoms with van der Waals surface area (Å²) in [6, 6.07) is 6.65. The van der Waals surface area contributed by atoms with Crippen LogP contribution < -0.4 is 10.7 Å². The molecule has 1 aromatic carbocycles. The third-order valence-corrected chi connectivity index (χ3v) is 5.73. The van der Waals surface area contributed by atoms with E-state index in [-0.39, 0.29) is 5.91 Å². The van der Waals surface area contributed by atoms with Gasteiger partial charge in [-0.15, -0.1) is 0 Å². The van der Waals surface area contributed by atoms with Crippen LogP contribution in [0.25, 0.3) is 0 Å². The number of anilines is 1. The smallest absolute Gasteiger partial charge is 0.224 e. The lowest BCUT2D eigenvalue weighted by atomic mass is 9.96. The van der Waals surface area contributed by atoms with Crippen molar-refractivity contribution in [2.45, 2.75) is 51.0 Å². The van der Waals surface area contributed by atoms with Crippen molar-refractivity contribution in [3.63, 3.8) is 0 Å². The molecule has 24 heavy (non-hydrogen) atoms. The zero-order chi connectivity index (χ0) is 16.4. The molecule has 1 fully saturated rings. The SMILES string of the molecule is O=C1CCc2cc(C3=NNC(=NC4CCCCC4)SC3)ccc2N1. The van der Waals surface area contributed by atoms with E-state index in [0.717, 1.165) is 34.3 Å². The molecule has 5 nitrogen and oxygen atoms in total. The minimum absolute atomic E-state index is 0.103. The first-order valence-corrected chi connectivity index (χ1v) is 9.73. The molecule has 6 heteroatoms. The van der Waals surface area contributed by atoms with Gasteiger partial charge in [-0.25, -0.2) is 0 Å². The van der Waals surface area contributed by atoms with Crippen molar-refractivity contribution in [1.29, 1.82) is 0 Å². The molecule has 0 radical (unpaired) electrons. The van der Waals surface area contributed by atoms with E-state index in [1.54, 1.807) is 11.8 Å². The normalized spacial score (nSPS) is 23.2. The van der Waals surface area contributed by atoms with E-state index in [1.807, 2.05) is 12.1 Å². The van der Waals surface area contributed by atoms with Crippen LogP contribution in [0.15, 0.2) is 28.3 Å². The molecule has 126 valence electrons. The van der Waals surface area contributed by atoms with Gasteiger partial charge in [-0.2, -0.15) is 5.10 Å². The molecular formula is C18H22N4OS. The molecule has 1 saturated carbocycles. The standard InChI is InChI=1S/C18H22N4OS/c23-17-9-7-12-10-13(6-8-15(12)20-17)16-11-24-18(22-21-16)19-14-4-2-1-3-5-14/h6,8,10,14H,1-5,7,9,11H2,(H,19,22)(H,20,23). The van der Waals surface area contributed by atoms with Gasteiger partial charge in [0.05, 0.1) is 11.8 Å². The van der Waals surface area contributed by atoms with Crippen molar-refractivity contribution in [1.82, 2.24) is 5.43 Å². The molecular weight excluding hydrogens is 320 g/mol. The number of fused-ring (bicyclic) bond motifs is 1. The fraction of sp³-hybridized carbons (Fsp3) is 0.500. The van der Waals surface area contributed by atoms with E-state index in [4.69, 9.17) is 4.99 Å². The van der Waals surface area contributed by atoms with Gasteiger partial charge in [0.2, 0.25) is 5.91 Å². The van der Waals surface area contributed by atoms with Crippen LogP contribution in [0.4, 0.5) is 5.69 Å². The summed E-state index contributed by atoms with van der Waals surface area (Å²) in [6.07, 6.45) is 7.73. The van der Waals surface area contributed by atoms with Crippen molar-refractivity contribution in [2.24, 2.45) is 10.1 Å². The number of hydrogen-bond acceptors (Lipinski definition) is 4. The Bertz CT molecular complexity index is 707. The van der Waals surface area contributed by atoms with E-state index in [0.29, 0.717) is 12.5 Å². The van der Waals surface area contributed by atoms with Gasteiger partial charge in [0.25, 0.3) is 0 Å². The number of carbonyl (C=O) groups excluding carboxylic acids is 1. The molecule has 0 saturated heterocycles. The first-order valence-electron chi connectivity index (χ1n) is 8.74. The number of thioether (sulfide) groups is 1. The van der Waals surface area contributed by atoms with Crippen LogP contribution in [-0.2, 0) is 11.2 Å². The summed E-state index contributed by atoms with van der Waals surface area (Å²) in [6.45, 7) is 0. The van der Waals surface area contributed by atoms with Crippen molar-refractivity contribution >= 4 is 34.2 Å². The molecule has 1 aromatic rings. The highest BCUT2D eigenvalue weighted by molar-refractivity contribution is 8.14. The fourth-order valence-electron chi connectivity index (χ4n) is 3.47. The summed E-state index contributed by atoms with van der Waals surface area (Å²) in [4.78, 5) is 16.3. The van der Waals surface area contributed by atoms with E-state index >= 15 is 0 Å². The maximum absolute atomic E-state index is 11.5. The lowest BCUT2D eigenvalue weighted by Gasteiger charge is -2.22. The quantitative estimate of drug-likeness (QED) is 0.867. The molecule has 1 amide bonds. The number of nitrogens with zero attached hydrogens (tertiary/aromatic N) is 2. The van der Waals surface area contributed by atoms with E-state index in [2.05, 4.69) is 21.9 Å². The topological polar surface area (TPSA) is 65.8 Å². The second-order valence-electron chi connectivity index (χ2n) is 6.61. The van der Waals surface area contributed by atoms with Gasteiger partial charge >= 0.3 is 0 Å². The van der Waals surface area contributed by atoms with Gasteiger partial charge in [-0.3, -0.25) is 15.2 Å². The monoisotopic (exact) mass is 342 g/mol. The van der Waals surface area contributed by atoms with Crippen molar-refractivity contribution < 1.29 is 4.79 Å². The number of carbonyl (C=O) groups is 1. The third-order valence-electron chi connectivity index (χ3n) is 4.84. The number of nitrogens with one attached hydrogen (secondary N) is 2. The van der Waals surface area contributed by atoms with Gasteiger partial charge in [0, 0.05) is 17.9 Å². The average molecular weight is 342 g/mol. The zero-order valence-corrected chi connectivity index (χ0v) is 14.5. The third kappa shape index (κ3) is 3.48. The first-order chi connectivity index (χ1) is 11.8. The van der Waals surface area contributed by atoms with Gasteiger partial charge in [-0.1, -0.05) is 37.1 Å². The molecule has 0 atom stereocenters. The second kappa shape index (κ2) is 6.97. The maximum atomic E-state index is 11.5. The van der Waals surface area contributed by atoms with Crippen LogP contribution in [0.1, 0.15) is 49.7 Å². The number of hydrogen-bond donors (Lipinski definition) is 2. The van der Waals surface area contributed by atoms with E-state index in [9.17, 15) is 4.79 Å². The number of amides is 1. The Morgan fingerprint density at radius 3 is 2.83 bits per heavy atom. The Kier molecular flexibility index (Phi) is 4.56. The number of rotatable bonds is 2. The average Bonchev–Trinajstić information content (AvgIpc) is 2.63. The Morgan fingerprint density at radius 2 is 2.04 bits per heavy atom. The molecule has 0 unspecified atom stereocenters. The van der Waals surface area contributed by atoms with Crippen LogP contribution in [0.2, 0.25) is 0 Å². The molecule has 2 N–H and O–H groups in total. The molecule has 0 aromatic heterocycles. The number of hydrazone groups is 1. The molecule has 3 aliphatic rings. The van der Waals surface area contributed by atoms with Crippen molar-refractivity contribution in [3.05, 3.63) is 29.3 Å². The van der Waals surface area contributed by atoms with Crippen LogP contribution in [0, 0.1) is 0 Å². The molecule has 0 bridgehead atoms. The summed E-state index contributed by atoms with van der Waals surface area (Å²) in [5.41, 5.74) is 7.44. The maximum Gasteiger partial charge on any atom is 0.224 e. The summed E-state index contributed by atoms with van der Waals surface area (Å²) in [5, 5.41) is 8.42. The van der Waals surface area contributed by atoms with Gasteiger partial charge in [0.15, 0.2) is 5.17 Å². The van der Waals surface area contributed by atoms with Gasteiger partial charge < -0.3 is 5.32 Å². The highest BCUT2D eigenvalue weighted by Crippen LogP contribution is 2.26. The van der Waals surface area contributed by atoms with Crippen LogP contribution in [-0.4, -0.2) is 28.6 Å². The van der Waals surface area contributed by atoms with Gasteiger partial charge in [-0.05, 0) is 42.5 Å². The Balaban J connectivity index is 1.46. The van der Waals surface area contributed by atoms with Crippen LogP contribution >= 0.6 is 11.8 Å². The predicted octanol–water partition coefficient (Wildman–Crippen LogP) is 3.30. The molecule has 2 heterocycles. The zero-order valence-electron chi connectivity index (χ0n) is 13.7. The first kappa shape index (κ1) is 15.7. The lowest BCUT2D eigenvalue weighted by molar-refractivity contribution is -0.116. The van der Waals surface area contributed by atoms with Crippen LogP contribution in [0.5, 0.6) is 0 Å². The van der Waals surface area contributed by atoms with E-state index in [1.165, 1.54) is 37.7 Å². The highest BCUT2D eigenvalue weighted by atomic mass is 32.2. The summed E-state index contributed by atoms with van der Waals surface area (Å²) < 4.78 is 0.